The molecule has 0 saturated carbocycles. The van der Waals surface area contributed by atoms with Crippen LogP contribution in [-0.4, -0.2) is 36.2 Å². The Labute approximate surface area is 251 Å². The summed E-state index contributed by atoms with van der Waals surface area (Å²) in [6.07, 6.45) is 3.91. The zero-order valence-corrected chi connectivity index (χ0v) is 23.7. The van der Waals surface area contributed by atoms with Gasteiger partial charge in [-0.15, -0.1) is 0 Å². The van der Waals surface area contributed by atoms with Crippen molar-refractivity contribution in [3.63, 3.8) is 0 Å². The number of carbonyl (C=O) groups excluding carboxylic acids is 1. The van der Waals surface area contributed by atoms with Crippen LogP contribution in [0.1, 0.15) is 27.0 Å². The third kappa shape index (κ3) is 7.70. The lowest BCUT2D eigenvalue weighted by Gasteiger charge is -2.13. The van der Waals surface area contributed by atoms with Crippen molar-refractivity contribution in [2.75, 3.05) is 19.5 Å². The Morgan fingerprint density at radius 3 is 2.48 bits per heavy atom. The smallest absolute Gasteiger partial charge is 0.324 e. The van der Waals surface area contributed by atoms with Gasteiger partial charge >= 0.3 is 5.69 Å². The number of rotatable bonds is 12. The van der Waals surface area contributed by atoms with Gasteiger partial charge in [0.05, 0.1) is 24.8 Å². The molecule has 0 aliphatic heterocycles. The highest BCUT2D eigenvalue weighted by Crippen LogP contribution is 2.29. The maximum Gasteiger partial charge on any atom is 0.324 e. The third-order valence-electron chi connectivity index (χ3n) is 6.39. The van der Waals surface area contributed by atoms with Crippen molar-refractivity contribution in [2.45, 2.75) is 13.1 Å². The fraction of sp³-hybridized carbons (Fsp3) is 0.129. The number of hydrogen-bond donors (Lipinski definition) is 3. The summed E-state index contributed by atoms with van der Waals surface area (Å²) >= 11 is 0. The van der Waals surface area contributed by atoms with Crippen molar-refractivity contribution in [1.82, 2.24) is 10.3 Å². The molecule has 1 heterocycles. The molecule has 0 atom stereocenters. The van der Waals surface area contributed by atoms with Gasteiger partial charge in [-0.3, -0.25) is 19.9 Å². The number of ether oxygens (including phenoxy) is 2. The molecular formula is C31H28F2N6O5. The van der Waals surface area contributed by atoms with Crippen LogP contribution in [0.4, 0.5) is 26.0 Å². The highest BCUT2D eigenvalue weighted by atomic mass is 19.1. The largest absolute Gasteiger partial charge is 0.497 e. The summed E-state index contributed by atoms with van der Waals surface area (Å²) in [6.45, 7) is -0.0402. The van der Waals surface area contributed by atoms with Crippen molar-refractivity contribution < 1.29 is 28.0 Å². The summed E-state index contributed by atoms with van der Waals surface area (Å²) in [5, 5.41) is 17.5. The Morgan fingerprint density at radius 1 is 1.02 bits per heavy atom. The maximum atomic E-state index is 14.5. The van der Waals surface area contributed by atoms with E-state index in [4.69, 9.17) is 15.2 Å². The molecule has 0 saturated heterocycles. The number of benzene rings is 3. The Balaban J connectivity index is 1.50. The van der Waals surface area contributed by atoms with Gasteiger partial charge in [-0.2, -0.15) is 0 Å². The van der Waals surface area contributed by atoms with Gasteiger partial charge in [0.25, 0.3) is 5.91 Å². The zero-order chi connectivity index (χ0) is 31.6. The summed E-state index contributed by atoms with van der Waals surface area (Å²) in [5.74, 6) is -0.815. The van der Waals surface area contributed by atoms with Crippen LogP contribution in [-0.2, 0) is 13.1 Å². The molecule has 44 heavy (non-hydrogen) atoms. The topological polar surface area (TPSA) is 154 Å². The molecule has 4 aromatic rings. The van der Waals surface area contributed by atoms with Gasteiger partial charge in [-0.1, -0.05) is 0 Å². The summed E-state index contributed by atoms with van der Waals surface area (Å²) in [6, 6.07) is 15.9. The summed E-state index contributed by atoms with van der Waals surface area (Å²) in [4.78, 5) is 32.7. The van der Waals surface area contributed by atoms with Crippen LogP contribution in [0.25, 0.3) is 5.57 Å². The molecule has 0 spiro atoms. The van der Waals surface area contributed by atoms with E-state index in [-0.39, 0.29) is 24.5 Å². The Hall–Kier alpha value is -5.85. The third-order valence-corrected chi connectivity index (χ3v) is 6.39. The summed E-state index contributed by atoms with van der Waals surface area (Å²) in [5.41, 5.74) is 7.23. The van der Waals surface area contributed by atoms with Gasteiger partial charge in [-0.05, 0) is 71.8 Å². The first-order valence-corrected chi connectivity index (χ1v) is 13.1. The Morgan fingerprint density at radius 2 is 1.80 bits per heavy atom. The number of hydrogen-bond acceptors (Lipinski definition) is 9. The van der Waals surface area contributed by atoms with Crippen molar-refractivity contribution in [3.05, 3.63) is 123 Å². The van der Waals surface area contributed by atoms with Crippen LogP contribution in [0.2, 0.25) is 0 Å². The van der Waals surface area contributed by atoms with Gasteiger partial charge in [0.15, 0.2) is 0 Å². The number of nitro groups is 1. The van der Waals surface area contributed by atoms with E-state index in [9.17, 15) is 23.7 Å². The van der Waals surface area contributed by atoms with Gasteiger partial charge in [0.2, 0.25) is 5.82 Å². The van der Waals surface area contributed by atoms with E-state index in [1.54, 1.807) is 24.3 Å². The number of carbonyl (C=O) groups is 1. The molecule has 3 aromatic carbocycles. The van der Waals surface area contributed by atoms with Crippen LogP contribution in [0.5, 0.6) is 11.5 Å². The standard InChI is InChI=1S/C31H28F2N6O5/c1-43-26-8-3-20(28(14-26)44-2)17-37-30-29(39(41)42)27(9-10-35-30)31(40)38-16-19-11-21(13-24(33)12-19)22(15-34)18-36-25-6-4-23(32)5-7-25/h3-15,18H,16-17,34H2,1-2H3,(H,35,37)(H,38,40). The normalized spacial score (nSPS) is 11.3. The molecule has 0 aliphatic carbocycles. The molecule has 13 heteroatoms. The zero-order valence-electron chi connectivity index (χ0n) is 23.7. The highest BCUT2D eigenvalue weighted by Gasteiger charge is 2.26. The average molecular weight is 603 g/mol. The average Bonchev–Trinajstić information content (AvgIpc) is 3.03. The number of nitrogens with two attached hydrogens (primary N) is 1. The second-order valence-electron chi connectivity index (χ2n) is 9.23. The fourth-order valence-electron chi connectivity index (χ4n) is 4.21. The Kier molecular flexibility index (Phi) is 10.1. The number of aliphatic imine (C=N–C) groups is 1. The second-order valence-corrected chi connectivity index (χ2v) is 9.23. The van der Waals surface area contributed by atoms with E-state index in [2.05, 4.69) is 20.6 Å². The monoisotopic (exact) mass is 602 g/mol. The number of nitrogens with zero attached hydrogens (tertiary/aromatic N) is 3. The molecule has 0 radical (unpaired) electrons. The minimum atomic E-state index is -0.762. The molecule has 1 aromatic heterocycles. The van der Waals surface area contributed by atoms with Crippen molar-refractivity contribution in [3.8, 4) is 11.5 Å². The maximum absolute atomic E-state index is 14.5. The van der Waals surface area contributed by atoms with Gasteiger partial charge in [0.1, 0.15) is 28.7 Å². The molecule has 0 unspecified atom stereocenters. The SMILES string of the molecule is COc1ccc(CNc2nccc(C(=O)NCc3cc(F)cc(C(C=Nc4ccc(F)cc4)=CN)c3)c2[N+](=O)[O-])c(OC)c1. The predicted molar refractivity (Wildman–Crippen MR) is 162 cm³/mol. The number of aromatic nitrogens is 1. The molecule has 226 valence electrons. The molecule has 4 N–H and O–H groups in total. The molecule has 1 amide bonds. The van der Waals surface area contributed by atoms with Gasteiger partial charge < -0.3 is 25.8 Å². The lowest BCUT2D eigenvalue weighted by molar-refractivity contribution is -0.384. The van der Waals surface area contributed by atoms with Crippen LogP contribution in [0.3, 0.4) is 0 Å². The van der Waals surface area contributed by atoms with Crippen molar-refractivity contribution >= 4 is 34.9 Å². The number of methoxy groups -OCH3 is 2. The number of allylic oxidation sites excluding steroid dienone is 1. The van der Waals surface area contributed by atoms with E-state index in [1.807, 2.05) is 0 Å². The fourth-order valence-corrected chi connectivity index (χ4v) is 4.21. The van der Waals surface area contributed by atoms with E-state index in [0.717, 1.165) is 0 Å². The van der Waals surface area contributed by atoms with E-state index >= 15 is 0 Å². The van der Waals surface area contributed by atoms with Crippen LogP contribution in [0.15, 0.2) is 84.1 Å². The molecule has 11 nitrogen and oxygen atoms in total. The number of halogens is 2. The van der Waals surface area contributed by atoms with Gasteiger partial charge in [-0.25, -0.2) is 13.8 Å². The number of nitrogens with one attached hydrogen (secondary N) is 2. The first kappa shape index (κ1) is 31.1. The number of amides is 1. The quantitative estimate of drug-likeness (QED) is 0.109. The molecule has 0 fully saturated rings. The minimum Gasteiger partial charge on any atom is -0.497 e. The first-order chi connectivity index (χ1) is 21.2. The van der Waals surface area contributed by atoms with Crippen molar-refractivity contribution in [1.29, 1.82) is 0 Å². The lowest BCUT2D eigenvalue weighted by Crippen LogP contribution is -2.24. The molecule has 0 aliphatic rings. The van der Waals surface area contributed by atoms with E-state index < -0.39 is 28.2 Å². The van der Waals surface area contributed by atoms with Crippen LogP contribution in [0, 0.1) is 21.7 Å². The lowest BCUT2D eigenvalue weighted by atomic mass is 10.0. The van der Waals surface area contributed by atoms with Crippen LogP contribution < -0.4 is 25.8 Å². The summed E-state index contributed by atoms with van der Waals surface area (Å²) < 4.78 is 38.3. The Bertz CT molecular complexity index is 1730. The van der Waals surface area contributed by atoms with Crippen LogP contribution >= 0.6 is 0 Å². The second kappa shape index (κ2) is 14.4. The molecular weight excluding hydrogens is 574 g/mol. The summed E-state index contributed by atoms with van der Waals surface area (Å²) in [7, 11) is 3.01. The first-order valence-electron chi connectivity index (χ1n) is 13.1. The molecule has 0 bridgehead atoms. The highest BCUT2D eigenvalue weighted by molar-refractivity contribution is 6.10. The van der Waals surface area contributed by atoms with E-state index in [1.165, 1.54) is 75.3 Å². The minimum absolute atomic E-state index is 0.111. The van der Waals surface area contributed by atoms with E-state index in [0.29, 0.717) is 39.4 Å². The van der Waals surface area contributed by atoms with Crippen molar-refractivity contribution in [2.24, 2.45) is 10.7 Å². The number of anilines is 1. The predicted octanol–water partition coefficient (Wildman–Crippen LogP) is 5.53. The number of pyridine rings is 1. The van der Waals surface area contributed by atoms with Gasteiger partial charge in [0, 0.05) is 48.9 Å². The molecule has 4 rings (SSSR count).